The van der Waals surface area contributed by atoms with Crippen molar-refractivity contribution >= 4 is 18.1 Å². The zero-order valence-electron chi connectivity index (χ0n) is 10.1. The maximum atomic E-state index is 11.5. The number of alkyl halides is 3. The summed E-state index contributed by atoms with van der Waals surface area (Å²) >= 11 is 0. The number of carboxylic acid groups (broad SMARTS) is 1. The minimum Gasteiger partial charge on any atom is -0.479 e. The molecule has 1 saturated heterocycles. The van der Waals surface area contributed by atoms with Crippen molar-refractivity contribution in [1.82, 2.24) is 0 Å². The van der Waals surface area contributed by atoms with Crippen LogP contribution in [-0.2, 0) is 19.1 Å². The SMILES string of the molecule is C.C.CC(O)(C(=O)O)C(F)(F)F.CC1(C)OC(=O)OC1=O. The van der Waals surface area contributed by atoms with Gasteiger partial charge in [-0.1, -0.05) is 14.9 Å². The van der Waals surface area contributed by atoms with E-state index in [0.29, 0.717) is 0 Å². The molecule has 0 bridgehead atoms. The lowest BCUT2D eigenvalue weighted by Crippen LogP contribution is -2.49. The van der Waals surface area contributed by atoms with Crippen molar-refractivity contribution < 1.29 is 47.2 Å². The van der Waals surface area contributed by atoms with Gasteiger partial charge in [0.25, 0.3) is 5.60 Å². The Morgan fingerprint density at radius 3 is 1.62 bits per heavy atom. The third-order valence-corrected chi connectivity index (χ3v) is 1.97. The zero-order valence-corrected chi connectivity index (χ0v) is 10.1. The molecule has 0 amide bonds. The Bertz CT molecular complexity index is 399. The van der Waals surface area contributed by atoms with Crippen LogP contribution >= 0.6 is 0 Å². The monoisotopic (exact) mass is 320 g/mol. The number of hydrogen-bond donors (Lipinski definition) is 2. The number of aliphatic hydroxyl groups is 1. The van der Waals surface area contributed by atoms with Crippen LogP contribution in [0.15, 0.2) is 0 Å². The molecule has 126 valence electrons. The van der Waals surface area contributed by atoms with Crippen LogP contribution in [0.5, 0.6) is 0 Å². The molecule has 0 aromatic carbocycles. The lowest BCUT2D eigenvalue weighted by Gasteiger charge is -2.20. The molecule has 1 fully saturated rings. The van der Waals surface area contributed by atoms with Crippen LogP contribution in [0.2, 0.25) is 0 Å². The maximum absolute atomic E-state index is 11.5. The quantitative estimate of drug-likeness (QED) is 0.562. The second kappa shape index (κ2) is 7.25. The van der Waals surface area contributed by atoms with Crippen molar-refractivity contribution in [3.63, 3.8) is 0 Å². The molecule has 0 aromatic heterocycles. The molecule has 1 unspecified atom stereocenters. The van der Waals surface area contributed by atoms with Crippen molar-refractivity contribution in [3.8, 4) is 0 Å². The second-order valence-electron chi connectivity index (χ2n) is 4.13. The minimum atomic E-state index is -5.13. The number of cyclic esters (lactones) is 3. The second-order valence-corrected chi connectivity index (χ2v) is 4.13. The third kappa shape index (κ3) is 5.98. The summed E-state index contributed by atoms with van der Waals surface area (Å²) < 4.78 is 42.9. The van der Waals surface area contributed by atoms with Crippen molar-refractivity contribution in [2.75, 3.05) is 0 Å². The van der Waals surface area contributed by atoms with E-state index in [9.17, 15) is 27.6 Å². The number of ether oxygens (including phenoxy) is 2. The van der Waals surface area contributed by atoms with E-state index in [1.165, 1.54) is 13.8 Å². The topological polar surface area (TPSA) is 110 Å². The van der Waals surface area contributed by atoms with Crippen molar-refractivity contribution in [2.24, 2.45) is 0 Å². The van der Waals surface area contributed by atoms with Gasteiger partial charge in [0.1, 0.15) is 0 Å². The zero-order chi connectivity index (χ0) is 15.6. The number of rotatable bonds is 1. The van der Waals surface area contributed by atoms with E-state index < -0.39 is 35.5 Å². The number of halogens is 3. The van der Waals surface area contributed by atoms with Gasteiger partial charge in [0.15, 0.2) is 0 Å². The Hall–Kier alpha value is -1.84. The van der Waals surface area contributed by atoms with Gasteiger partial charge in [0, 0.05) is 0 Å². The number of esters is 1. The van der Waals surface area contributed by atoms with E-state index in [1.807, 2.05) is 0 Å². The molecule has 1 aliphatic heterocycles. The summed E-state index contributed by atoms with van der Waals surface area (Å²) in [7, 11) is 0. The van der Waals surface area contributed by atoms with Crippen LogP contribution in [0.3, 0.4) is 0 Å². The number of carboxylic acids is 1. The summed E-state index contributed by atoms with van der Waals surface area (Å²) in [5.41, 5.74) is -4.73. The summed E-state index contributed by atoms with van der Waals surface area (Å²) in [5.74, 6) is -2.94. The van der Waals surface area contributed by atoms with Gasteiger partial charge in [0.2, 0.25) is 5.60 Å². The van der Waals surface area contributed by atoms with Crippen LogP contribution in [0.25, 0.3) is 0 Å². The predicted molar refractivity (Wildman–Crippen MR) is 64.4 cm³/mol. The van der Waals surface area contributed by atoms with E-state index in [2.05, 4.69) is 9.47 Å². The molecule has 7 nitrogen and oxygen atoms in total. The molecule has 10 heteroatoms. The Kier molecular flexibility index (Phi) is 8.35. The van der Waals surface area contributed by atoms with Gasteiger partial charge in [0.05, 0.1) is 0 Å². The van der Waals surface area contributed by atoms with Crippen LogP contribution in [0, 0.1) is 0 Å². The molecule has 0 spiro atoms. The van der Waals surface area contributed by atoms with Crippen LogP contribution in [0.1, 0.15) is 35.6 Å². The first-order valence-electron chi connectivity index (χ1n) is 4.69. The smallest absolute Gasteiger partial charge is 0.479 e. The summed E-state index contributed by atoms with van der Waals surface area (Å²) in [4.78, 5) is 30.4. The highest BCUT2D eigenvalue weighted by atomic mass is 19.4. The van der Waals surface area contributed by atoms with E-state index >= 15 is 0 Å². The summed E-state index contributed by atoms with van der Waals surface area (Å²) in [5, 5.41) is 16.0. The Morgan fingerprint density at radius 2 is 1.57 bits per heavy atom. The van der Waals surface area contributed by atoms with E-state index in [-0.39, 0.29) is 21.8 Å². The molecule has 0 aliphatic carbocycles. The maximum Gasteiger partial charge on any atom is 0.517 e. The molecule has 2 N–H and O–H groups in total. The fourth-order valence-electron chi connectivity index (χ4n) is 0.591. The first-order chi connectivity index (χ1) is 8.22. The Labute approximate surface area is 119 Å². The highest BCUT2D eigenvalue weighted by molar-refractivity contribution is 5.93. The van der Waals surface area contributed by atoms with Crippen LogP contribution < -0.4 is 0 Å². The van der Waals surface area contributed by atoms with Gasteiger partial charge in [-0.15, -0.1) is 0 Å². The summed E-state index contributed by atoms with van der Waals surface area (Å²) in [6, 6.07) is 0. The van der Waals surface area contributed by atoms with Gasteiger partial charge in [-0.25, -0.2) is 14.4 Å². The lowest BCUT2D eigenvalue weighted by atomic mass is 10.1. The normalized spacial score (nSPS) is 18.6. The summed E-state index contributed by atoms with van der Waals surface area (Å²) in [6.45, 7) is 3.12. The molecule has 1 aliphatic rings. The third-order valence-electron chi connectivity index (χ3n) is 1.97. The molecule has 0 aromatic rings. The van der Waals surface area contributed by atoms with E-state index in [0.717, 1.165) is 0 Å². The van der Waals surface area contributed by atoms with E-state index in [1.54, 1.807) is 0 Å². The average Bonchev–Trinajstić information content (AvgIpc) is 2.37. The fourth-order valence-corrected chi connectivity index (χ4v) is 0.591. The largest absolute Gasteiger partial charge is 0.517 e. The molecule has 1 heterocycles. The van der Waals surface area contributed by atoms with Crippen LogP contribution in [-0.4, -0.2) is 45.7 Å². The van der Waals surface area contributed by atoms with E-state index in [4.69, 9.17) is 10.2 Å². The molecule has 1 atom stereocenters. The first kappa shape index (κ1) is 24.2. The van der Waals surface area contributed by atoms with Gasteiger partial charge < -0.3 is 19.7 Å². The molecule has 0 radical (unpaired) electrons. The predicted octanol–water partition coefficient (Wildman–Crippen LogP) is 2.11. The van der Waals surface area contributed by atoms with Gasteiger partial charge >= 0.3 is 24.3 Å². The van der Waals surface area contributed by atoms with Crippen molar-refractivity contribution in [1.29, 1.82) is 0 Å². The highest BCUT2D eigenvalue weighted by Crippen LogP contribution is 2.29. The summed E-state index contributed by atoms with van der Waals surface area (Å²) in [6.07, 6.45) is -6.04. The fraction of sp³-hybridized carbons (Fsp3) is 0.727. The number of aliphatic carboxylic acids is 1. The van der Waals surface area contributed by atoms with Crippen LogP contribution in [0.4, 0.5) is 18.0 Å². The molecular weight excluding hydrogens is 301 g/mol. The van der Waals surface area contributed by atoms with Gasteiger partial charge in [-0.05, 0) is 20.8 Å². The minimum absolute atomic E-state index is 0. The molecule has 0 saturated carbocycles. The van der Waals surface area contributed by atoms with Crippen molar-refractivity contribution in [2.45, 2.75) is 53.0 Å². The van der Waals surface area contributed by atoms with Crippen molar-refractivity contribution in [3.05, 3.63) is 0 Å². The van der Waals surface area contributed by atoms with Gasteiger partial charge in [-0.2, -0.15) is 13.2 Å². The standard InChI is InChI=1S/C5H6O4.C4H5F3O3.2CH4/c1-5(2)3(6)8-4(7)9-5;1-3(10,2(8)9)4(5,6)7;;/h1-2H3;10H,1H3,(H,8,9);2*1H4. The molecule has 21 heavy (non-hydrogen) atoms. The molecule has 1 rings (SSSR count). The number of hydrogen-bond acceptors (Lipinski definition) is 6. The number of carbonyl (C=O) groups excluding carboxylic acids is 2. The Balaban J connectivity index is -0.000000282. The number of carbonyl (C=O) groups is 3. The molecular formula is C11H19F3O7. The average molecular weight is 320 g/mol. The first-order valence-corrected chi connectivity index (χ1v) is 4.69. The van der Waals surface area contributed by atoms with Gasteiger partial charge in [-0.3, -0.25) is 0 Å². The Morgan fingerprint density at radius 1 is 1.19 bits per heavy atom. The highest BCUT2D eigenvalue weighted by Gasteiger charge is 2.56. The lowest BCUT2D eigenvalue weighted by molar-refractivity contribution is -0.253.